The first-order chi connectivity index (χ1) is 16.3. The van der Waals surface area contributed by atoms with Crippen molar-refractivity contribution >= 4 is 5.91 Å². The van der Waals surface area contributed by atoms with Gasteiger partial charge >= 0.3 is 0 Å². The van der Waals surface area contributed by atoms with E-state index in [1.165, 1.54) is 12.1 Å². The summed E-state index contributed by atoms with van der Waals surface area (Å²) in [6.45, 7) is 2.64. The second kappa shape index (κ2) is 9.79. The number of amides is 1. The summed E-state index contributed by atoms with van der Waals surface area (Å²) in [6, 6.07) is 17.8. The highest BCUT2D eigenvalue weighted by Gasteiger charge is 2.13. The number of carbonyl (C=O) groups is 1. The summed E-state index contributed by atoms with van der Waals surface area (Å²) in [7, 11) is 3.42. The Hall–Kier alpha value is -4.13. The quantitative estimate of drug-likeness (QED) is 0.431. The monoisotopic (exact) mass is 458 g/mol. The Morgan fingerprint density at radius 2 is 1.88 bits per heavy atom. The Labute approximate surface area is 197 Å². The van der Waals surface area contributed by atoms with Gasteiger partial charge in [0.2, 0.25) is 5.62 Å². The fraction of sp³-hybridized carbons (Fsp3) is 0.185. The molecule has 3 aromatic carbocycles. The van der Waals surface area contributed by atoms with Crippen molar-refractivity contribution in [1.29, 1.82) is 5.41 Å². The van der Waals surface area contributed by atoms with Gasteiger partial charge in [0.1, 0.15) is 11.6 Å². The molecule has 7 heteroatoms. The summed E-state index contributed by atoms with van der Waals surface area (Å²) in [6.07, 6.45) is 3.65. The molecule has 0 aliphatic rings. The Balaban J connectivity index is 1.67. The number of rotatable bonds is 7. The summed E-state index contributed by atoms with van der Waals surface area (Å²) in [5.41, 5.74) is 5.12. The number of aromatic nitrogens is 2. The van der Waals surface area contributed by atoms with E-state index in [1.54, 1.807) is 22.3 Å². The molecule has 2 N–H and O–H groups in total. The summed E-state index contributed by atoms with van der Waals surface area (Å²) in [5, 5.41) is 11.2. The van der Waals surface area contributed by atoms with E-state index in [0.717, 1.165) is 33.6 Å². The zero-order valence-electron chi connectivity index (χ0n) is 19.4. The Bertz CT molecular complexity index is 1400. The van der Waals surface area contributed by atoms with Gasteiger partial charge in [-0.3, -0.25) is 10.2 Å². The molecule has 0 spiro atoms. The molecule has 1 heterocycles. The van der Waals surface area contributed by atoms with E-state index < -0.39 is 0 Å². The van der Waals surface area contributed by atoms with E-state index in [2.05, 4.69) is 5.32 Å². The number of aryl methyl sites for hydroxylation is 2. The molecule has 0 atom stereocenters. The molecule has 0 aliphatic heterocycles. The number of ether oxygens (including phenoxy) is 1. The number of nitrogens with one attached hydrogen (secondary N) is 2. The Morgan fingerprint density at radius 1 is 1.06 bits per heavy atom. The van der Waals surface area contributed by atoms with Crippen LogP contribution < -0.4 is 15.7 Å². The van der Waals surface area contributed by atoms with E-state index in [-0.39, 0.29) is 11.7 Å². The SMILES string of the molecule is COc1cccc(CNC(=O)c2cc(Cn3ccn(C)c3=N)cc(-c3ccc(F)cc3C)c2)c1. The van der Waals surface area contributed by atoms with Crippen molar-refractivity contribution in [2.24, 2.45) is 7.05 Å². The van der Waals surface area contributed by atoms with Gasteiger partial charge in [-0.1, -0.05) is 18.2 Å². The van der Waals surface area contributed by atoms with Crippen LogP contribution in [-0.2, 0) is 20.1 Å². The van der Waals surface area contributed by atoms with Crippen LogP contribution in [0.25, 0.3) is 11.1 Å². The number of benzene rings is 3. The number of halogens is 1. The van der Waals surface area contributed by atoms with E-state index in [1.807, 2.05) is 68.8 Å². The van der Waals surface area contributed by atoms with Crippen LogP contribution in [0.4, 0.5) is 4.39 Å². The van der Waals surface area contributed by atoms with Gasteiger partial charge in [0.15, 0.2) is 0 Å². The largest absolute Gasteiger partial charge is 0.497 e. The highest BCUT2D eigenvalue weighted by molar-refractivity contribution is 5.95. The molecule has 174 valence electrons. The Morgan fingerprint density at radius 3 is 2.59 bits per heavy atom. The standard InChI is InChI=1S/C27H27FN4O2/c1-18-11-23(28)7-8-25(18)21-12-20(17-32-10-9-31(2)27(32)29)13-22(15-21)26(33)30-16-19-5-4-6-24(14-19)34-3/h4-15,29H,16-17H2,1-3H3,(H,30,33). The topological polar surface area (TPSA) is 72.0 Å². The van der Waals surface area contributed by atoms with Gasteiger partial charge in [-0.15, -0.1) is 0 Å². The van der Waals surface area contributed by atoms with Crippen molar-refractivity contribution in [3.63, 3.8) is 0 Å². The second-order valence-electron chi connectivity index (χ2n) is 8.27. The molecule has 4 rings (SSSR count). The molecule has 0 aliphatic carbocycles. The maximum atomic E-state index is 13.7. The molecule has 0 bridgehead atoms. The fourth-order valence-corrected chi connectivity index (χ4v) is 3.94. The maximum Gasteiger partial charge on any atom is 0.251 e. The molecule has 0 fully saturated rings. The van der Waals surface area contributed by atoms with Gasteiger partial charge < -0.3 is 19.2 Å². The zero-order valence-corrected chi connectivity index (χ0v) is 19.4. The van der Waals surface area contributed by atoms with E-state index >= 15 is 0 Å². The van der Waals surface area contributed by atoms with Crippen molar-refractivity contribution in [2.75, 3.05) is 7.11 Å². The summed E-state index contributed by atoms with van der Waals surface area (Å²) in [5.74, 6) is 0.219. The predicted molar refractivity (Wildman–Crippen MR) is 129 cm³/mol. The number of methoxy groups -OCH3 is 1. The van der Waals surface area contributed by atoms with Crippen LogP contribution in [0.2, 0.25) is 0 Å². The molecule has 1 amide bonds. The first-order valence-corrected chi connectivity index (χ1v) is 10.9. The van der Waals surface area contributed by atoms with Crippen LogP contribution in [-0.4, -0.2) is 22.2 Å². The van der Waals surface area contributed by atoms with Crippen LogP contribution in [0, 0.1) is 18.2 Å². The van der Waals surface area contributed by atoms with E-state index in [9.17, 15) is 9.18 Å². The molecular formula is C27H27FN4O2. The highest BCUT2D eigenvalue weighted by Crippen LogP contribution is 2.27. The Kier molecular flexibility index (Phi) is 6.63. The average Bonchev–Trinajstić information content (AvgIpc) is 3.14. The molecule has 0 radical (unpaired) electrons. The van der Waals surface area contributed by atoms with Crippen LogP contribution in [0.5, 0.6) is 5.75 Å². The lowest BCUT2D eigenvalue weighted by atomic mass is 9.96. The molecule has 34 heavy (non-hydrogen) atoms. The first kappa shape index (κ1) is 23.0. The smallest absolute Gasteiger partial charge is 0.251 e. The highest BCUT2D eigenvalue weighted by atomic mass is 19.1. The third-order valence-corrected chi connectivity index (χ3v) is 5.77. The van der Waals surface area contributed by atoms with Crippen molar-refractivity contribution in [3.05, 3.63) is 107 Å². The van der Waals surface area contributed by atoms with Crippen molar-refractivity contribution in [3.8, 4) is 16.9 Å². The van der Waals surface area contributed by atoms with E-state index in [4.69, 9.17) is 10.1 Å². The molecule has 4 aromatic rings. The predicted octanol–water partition coefficient (Wildman–Crippen LogP) is 4.41. The normalized spacial score (nSPS) is 10.8. The van der Waals surface area contributed by atoms with E-state index in [0.29, 0.717) is 24.3 Å². The number of hydrogen-bond acceptors (Lipinski definition) is 3. The molecule has 1 aromatic heterocycles. The number of carbonyl (C=O) groups excluding carboxylic acids is 1. The average molecular weight is 459 g/mol. The van der Waals surface area contributed by atoms with Crippen molar-refractivity contribution in [2.45, 2.75) is 20.0 Å². The lowest BCUT2D eigenvalue weighted by Gasteiger charge is -2.13. The van der Waals surface area contributed by atoms with Gasteiger partial charge in [0.25, 0.3) is 5.91 Å². The van der Waals surface area contributed by atoms with Crippen LogP contribution in [0.1, 0.15) is 27.0 Å². The van der Waals surface area contributed by atoms with Gasteiger partial charge in [-0.2, -0.15) is 0 Å². The minimum Gasteiger partial charge on any atom is -0.497 e. The van der Waals surface area contributed by atoms with Crippen molar-refractivity contribution < 1.29 is 13.9 Å². The molecule has 0 saturated carbocycles. The second-order valence-corrected chi connectivity index (χ2v) is 8.27. The molecule has 0 saturated heterocycles. The molecule has 0 unspecified atom stereocenters. The number of nitrogens with zero attached hydrogens (tertiary/aromatic N) is 2. The van der Waals surface area contributed by atoms with Crippen LogP contribution in [0.3, 0.4) is 0 Å². The van der Waals surface area contributed by atoms with Gasteiger partial charge in [-0.25, -0.2) is 4.39 Å². The fourth-order valence-electron chi connectivity index (χ4n) is 3.94. The zero-order chi connectivity index (χ0) is 24.2. The lowest BCUT2D eigenvalue weighted by molar-refractivity contribution is 0.0950. The van der Waals surface area contributed by atoms with Crippen LogP contribution >= 0.6 is 0 Å². The minimum atomic E-state index is -0.299. The molecular weight excluding hydrogens is 431 g/mol. The summed E-state index contributed by atoms with van der Waals surface area (Å²) < 4.78 is 22.5. The number of imidazole rings is 1. The lowest BCUT2D eigenvalue weighted by Crippen LogP contribution is -2.24. The third kappa shape index (κ3) is 5.09. The van der Waals surface area contributed by atoms with Crippen LogP contribution in [0.15, 0.2) is 73.1 Å². The third-order valence-electron chi connectivity index (χ3n) is 5.77. The van der Waals surface area contributed by atoms with Gasteiger partial charge in [0, 0.05) is 31.5 Å². The number of hydrogen-bond donors (Lipinski definition) is 2. The molecule has 6 nitrogen and oxygen atoms in total. The summed E-state index contributed by atoms with van der Waals surface area (Å²) >= 11 is 0. The minimum absolute atomic E-state index is 0.213. The van der Waals surface area contributed by atoms with Gasteiger partial charge in [0.05, 0.1) is 13.7 Å². The maximum absolute atomic E-state index is 13.7. The summed E-state index contributed by atoms with van der Waals surface area (Å²) in [4.78, 5) is 13.1. The first-order valence-electron chi connectivity index (χ1n) is 10.9. The van der Waals surface area contributed by atoms with Crippen molar-refractivity contribution in [1.82, 2.24) is 14.5 Å². The van der Waals surface area contributed by atoms with Gasteiger partial charge in [-0.05, 0) is 77.2 Å².